The third-order valence-electron chi connectivity index (χ3n) is 4.75. The molecule has 0 aliphatic carbocycles. The van der Waals surface area contributed by atoms with E-state index in [0.717, 1.165) is 0 Å². The number of hydrogen-bond acceptors (Lipinski definition) is 0. The van der Waals surface area contributed by atoms with Crippen molar-refractivity contribution in [1.82, 2.24) is 0 Å². The molecule has 0 aromatic rings. The van der Waals surface area contributed by atoms with E-state index in [0.29, 0.717) is 0 Å². The van der Waals surface area contributed by atoms with Gasteiger partial charge in [0, 0.05) is 48.2 Å². The molecular formula is C11H36Si6. The predicted octanol–water partition coefficient (Wildman–Crippen LogP) is 2.55. The van der Waals surface area contributed by atoms with Crippen LogP contribution in [-0.2, 0) is 0 Å². The van der Waals surface area contributed by atoms with Gasteiger partial charge in [-0.3, -0.25) is 0 Å². The summed E-state index contributed by atoms with van der Waals surface area (Å²) in [4.78, 5) is 0. The van der Waals surface area contributed by atoms with Crippen molar-refractivity contribution in [3.8, 4) is 0 Å². The molecule has 0 saturated carbocycles. The van der Waals surface area contributed by atoms with Gasteiger partial charge < -0.3 is 0 Å². The quantitative estimate of drug-likeness (QED) is 0.654. The van der Waals surface area contributed by atoms with Crippen LogP contribution in [0.15, 0.2) is 0 Å². The second-order valence-electron chi connectivity index (χ2n) is 8.76. The summed E-state index contributed by atoms with van der Waals surface area (Å²) >= 11 is 0. The highest BCUT2D eigenvalue weighted by atomic mass is 30.2. The standard InChI is InChI=1S/C11H36Si6/c1-14(2,3)17(13-11-10-12,15(4,5)6)16(7,8)9/h10-11,13H2,1-9,12H3. The second kappa shape index (κ2) is 5.74. The van der Waals surface area contributed by atoms with Gasteiger partial charge in [0.15, 0.2) is 0 Å². The van der Waals surface area contributed by atoms with E-state index >= 15 is 0 Å². The van der Waals surface area contributed by atoms with E-state index in [1.165, 1.54) is 10.2 Å². The minimum atomic E-state index is -0.905. The van der Waals surface area contributed by atoms with Crippen molar-refractivity contribution in [3.05, 3.63) is 0 Å². The Labute approximate surface area is 119 Å². The Kier molecular flexibility index (Phi) is 6.18. The highest BCUT2D eigenvalue weighted by Gasteiger charge is 2.60. The summed E-state index contributed by atoms with van der Waals surface area (Å²) in [5, 5.41) is 0. The lowest BCUT2D eigenvalue weighted by molar-refractivity contribution is 1.45. The Hall–Kier alpha value is 1.30. The van der Waals surface area contributed by atoms with Crippen LogP contribution in [-0.4, -0.2) is 48.2 Å². The minimum absolute atomic E-state index is 0.265. The average molecular weight is 337 g/mol. The molecule has 0 aromatic carbocycles. The Bertz CT molecular complexity index is 206. The van der Waals surface area contributed by atoms with Crippen molar-refractivity contribution < 1.29 is 0 Å². The van der Waals surface area contributed by atoms with Crippen LogP contribution in [0.25, 0.3) is 0 Å². The third-order valence-corrected chi connectivity index (χ3v) is 119. The zero-order valence-electron chi connectivity index (χ0n) is 14.1. The molecule has 104 valence electrons. The first-order chi connectivity index (χ1) is 7.31. The van der Waals surface area contributed by atoms with E-state index in [2.05, 4.69) is 58.9 Å². The monoisotopic (exact) mass is 336 g/mol. The first-order valence-corrected chi connectivity index (χ1v) is 27.6. The zero-order chi connectivity index (χ0) is 14.1. The fourth-order valence-corrected chi connectivity index (χ4v) is 133. The molecule has 0 spiro atoms. The van der Waals surface area contributed by atoms with Gasteiger partial charge in [-0.25, -0.2) is 0 Å². The molecule has 0 unspecified atom stereocenters. The molecule has 0 saturated heterocycles. The van der Waals surface area contributed by atoms with Crippen LogP contribution in [0.1, 0.15) is 0 Å². The van der Waals surface area contributed by atoms with Crippen LogP contribution >= 0.6 is 0 Å². The number of hydrogen-bond donors (Lipinski definition) is 0. The average Bonchev–Trinajstić information content (AvgIpc) is 1.96. The van der Waals surface area contributed by atoms with Gasteiger partial charge in [-0.05, 0) is 0 Å². The Morgan fingerprint density at radius 1 is 0.706 bits per heavy atom. The van der Waals surface area contributed by atoms with Crippen LogP contribution < -0.4 is 0 Å². The topological polar surface area (TPSA) is 0 Å². The van der Waals surface area contributed by atoms with Crippen molar-refractivity contribution in [2.24, 2.45) is 0 Å². The lowest BCUT2D eigenvalue weighted by atomic mass is 11.0. The molecule has 0 bridgehead atoms. The van der Waals surface area contributed by atoms with Gasteiger partial charge in [-0.15, -0.1) is 0 Å². The highest BCUT2D eigenvalue weighted by Crippen LogP contribution is 2.36. The largest absolute Gasteiger partial charge is 0.0721 e. The molecule has 0 heterocycles. The third kappa shape index (κ3) is 3.65. The van der Waals surface area contributed by atoms with Gasteiger partial charge in [0.25, 0.3) is 0 Å². The van der Waals surface area contributed by atoms with Gasteiger partial charge in [-0.1, -0.05) is 71.0 Å². The second-order valence-corrected chi connectivity index (χ2v) is 63.0. The molecule has 0 aromatic heterocycles. The first-order valence-electron chi connectivity index (χ1n) is 7.31. The van der Waals surface area contributed by atoms with Gasteiger partial charge >= 0.3 is 0 Å². The summed E-state index contributed by atoms with van der Waals surface area (Å²) < 4.78 is 0. The molecule has 0 radical (unpaired) electrons. The van der Waals surface area contributed by atoms with Gasteiger partial charge in [0.2, 0.25) is 0 Å². The van der Waals surface area contributed by atoms with E-state index in [1.54, 1.807) is 12.1 Å². The van der Waals surface area contributed by atoms with Crippen LogP contribution in [0.4, 0.5) is 0 Å². The maximum absolute atomic E-state index is 2.75. The molecule has 0 amide bonds. The zero-order valence-corrected chi connectivity index (χ0v) is 21.5. The van der Waals surface area contributed by atoms with Crippen molar-refractivity contribution in [2.75, 3.05) is 0 Å². The molecule has 6 heteroatoms. The molecule has 0 fully saturated rings. The van der Waals surface area contributed by atoms with Crippen LogP contribution in [0.2, 0.25) is 71.0 Å². The van der Waals surface area contributed by atoms with E-state index in [9.17, 15) is 0 Å². The summed E-state index contributed by atoms with van der Waals surface area (Å²) in [7, 11) is -1.01. The minimum Gasteiger partial charge on any atom is -0.0721 e. The van der Waals surface area contributed by atoms with Gasteiger partial charge in [0.05, 0.1) is 0 Å². The van der Waals surface area contributed by atoms with Gasteiger partial charge in [-0.2, -0.15) is 0 Å². The Morgan fingerprint density at radius 2 is 1.00 bits per heavy atom. The summed E-state index contributed by atoms with van der Waals surface area (Å²) in [5.41, 5.74) is 0. The fourth-order valence-electron chi connectivity index (χ4n) is 4.94. The molecule has 17 heavy (non-hydrogen) atoms. The molecule has 0 aliphatic rings. The number of rotatable bonds is 6. The van der Waals surface area contributed by atoms with E-state index < -0.39 is 28.9 Å². The summed E-state index contributed by atoms with van der Waals surface area (Å²) in [5.74, 6) is 0. The smallest absolute Gasteiger partial charge is 0.0307 e. The van der Waals surface area contributed by atoms with Gasteiger partial charge in [0.1, 0.15) is 0 Å². The van der Waals surface area contributed by atoms with Crippen LogP contribution in [0.5, 0.6) is 0 Å². The maximum atomic E-state index is 2.75. The molecule has 0 rings (SSSR count). The highest BCUT2D eigenvalue weighted by molar-refractivity contribution is 8.02. The lowest BCUT2D eigenvalue weighted by Gasteiger charge is -2.58. The van der Waals surface area contributed by atoms with E-state index in [-0.39, 0.29) is 9.04 Å². The van der Waals surface area contributed by atoms with Crippen molar-refractivity contribution in [2.45, 2.75) is 71.0 Å². The SMILES string of the molecule is C[Si](C)(C)[Si]([SiH2]CC[SiH3])([Si](C)(C)C)[Si](C)(C)C. The van der Waals surface area contributed by atoms with Crippen LogP contribution in [0, 0.1) is 0 Å². The molecule has 0 atom stereocenters. The summed E-state index contributed by atoms with van der Waals surface area (Å²) in [6.45, 7) is 24.7. The summed E-state index contributed by atoms with van der Waals surface area (Å²) in [6, 6.07) is 3.30. The van der Waals surface area contributed by atoms with Crippen LogP contribution in [0.3, 0.4) is 0 Å². The fraction of sp³-hybridized carbons (Fsp3) is 1.00. The van der Waals surface area contributed by atoms with E-state index in [1.807, 2.05) is 0 Å². The Morgan fingerprint density at radius 3 is 1.18 bits per heavy atom. The first kappa shape index (κ1) is 18.3. The van der Waals surface area contributed by atoms with Crippen molar-refractivity contribution >= 4 is 48.2 Å². The molecular weight excluding hydrogens is 301 g/mol. The molecule has 0 nitrogen and oxygen atoms in total. The normalized spacial score (nSPS) is 16.1. The van der Waals surface area contributed by atoms with Crippen molar-refractivity contribution in [3.63, 3.8) is 0 Å². The molecule has 0 aliphatic heterocycles. The molecule has 0 N–H and O–H groups in total. The predicted molar refractivity (Wildman–Crippen MR) is 104 cm³/mol. The Balaban J connectivity index is 5.75. The van der Waals surface area contributed by atoms with E-state index in [4.69, 9.17) is 0 Å². The lowest BCUT2D eigenvalue weighted by Crippen LogP contribution is -2.86. The maximum Gasteiger partial charge on any atom is 0.0307 e. The summed E-state index contributed by atoms with van der Waals surface area (Å²) in [6.07, 6.45) is -0.843. The van der Waals surface area contributed by atoms with Crippen molar-refractivity contribution in [1.29, 1.82) is 0 Å².